The lowest BCUT2D eigenvalue weighted by Gasteiger charge is -2.18. The lowest BCUT2D eigenvalue weighted by Crippen LogP contribution is -2.34. The first kappa shape index (κ1) is 17.6. The molecule has 0 aliphatic carbocycles. The minimum atomic E-state index is -0.539. The first-order valence-corrected chi connectivity index (χ1v) is 7.84. The van der Waals surface area contributed by atoms with Crippen molar-refractivity contribution in [3.63, 3.8) is 0 Å². The van der Waals surface area contributed by atoms with Crippen LogP contribution in [-0.4, -0.2) is 30.4 Å². The van der Waals surface area contributed by atoms with Crippen LogP contribution >= 0.6 is 0 Å². The molecule has 24 heavy (non-hydrogen) atoms. The molecule has 2 atom stereocenters. The summed E-state index contributed by atoms with van der Waals surface area (Å²) in [5, 5.41) is 21.8. The van der Waals surface area contributed by atoms with Crippen molar-refractivity contribution in [3.8, 4) is 0 Å². The summed E-state index contributed by atoms with van der Waals surface area (Å²) >= 11 is 0. The van der Waals surface area contributed by atoms with E-state index < -0.39 is 4.92 Å². The monoisotopic (exact) mass is 334 g/mol. The van der Waals surface area contributed by atoms with Gasteiger partial charge < -0.3 is 15.4 Å². The lowest BCUT2D eigenvalue weighted by atomic mass is 10.1. The van der Waals surface area contributed by atoms with E-state index in [1.165, 1.54) is 10.7 Å². The van der Waals surface area contributed by atoms with Crippen LogP contribution in [0.4, 0.5) is 5.82 Å². The van der Waals surface area contributed by atoms with Crippen LogP contribution in [0.1, 0.15) is 38.2 Å². The van der Waals surface area contributed by atoms with Crippen molar-refractivity contribution in [1.82, 2.24) is 24.9 Å². The molecule has 0 spiro atoms. The Morgan fingerprint density at radius 3 is 2.71 bits per heavy atom. The molecule has 0 aliphatic rings. The Hall–Kier alpha value is -2.71. The number of carbonyl (C=O) groups excluding carboxylic acids is 1. The van der Waals surface area contributed by atoms with Crippen LogP contribution in [0, 0.1) is 23.0 Å². The molecule has 2 unspecified atom stereocenters. The summed E-state index contributed by atoms with van der Waals surface area (Å²) in [7, 11) is 0. The second-order valence-corrected chi connectivity index (χ2v) is 5.79. The van der Waals surface area contributed by atoms with Crippen LogP contribution < -0.4 is 5.32 Å². The van der Waals surface area contributed by atoms with Gasteiger partial charge in [0.15, 0.2) is 0 Å². The van der Waals surface area contributed by atoms with E-state index in [1.54, 1.807) is 20.0 Å². The first-order valence-electron chi connectivity index (χ1n) is 7.84. The van der Waals surface area contributed by atoms with Crippen LogP contribution in [0.15, 0.2) is 18.3 Å². The van der Waals surface area contributed by atoms with Gasteiger partial charge in [0.05, 0.1) is 41.1 Å². The summed E-state index contributed by atoms with van der Waals surface area (Å²) in [4.78, 5) is 22.6. The fraction of sp³-hybridized carbons (Fsp3) is 0.533. The molecular formula is C15H22N6O3. The molecule has 1 N–H and O–H groups in total. The lowest BCUT2D eigenvalue weighted by molar-refractivity contribution is -0.389. The zero-order chi connectivity index (χ0) is 17.9. The first-order chi connectivity index (χ1) is 11.3. The van der Waals surface area contributed by atoms with Gasteiger partial charge in [-0.2, -0.15) is 9.78 Å². The average molecular weight is 334 g/mol. The van der Waals surface area contributed by atoms with Crippen LogP contribution in [0.2, 0.25) is 0 Å². The van der Waals surface area contributed by atoms with Crippen LogP contribution in [0.25, 0.3) is 0 Å². The standard InChI is InChI=1S/C15H22N6O3/c1-5-19-13(6-7-16-19)12(4)17-15(22)10(2)9-20-11(3)8-14(18-20)21(23)24/h6-8,10,12H,5,9H2,1-4H3,(H,17,22). The molecular weight excluding hydrogens is 312 g/mol. The molecule has 0 radical (unpaired) electrons. The third kappa shape index (κ3) is 3.79. The number of nitrogens with one attached hydrogen (secondary N) is 1. The number of hydrogen-bond acceptors (Lipinski definition) is 5. The molecule has 2 rings (SSSR count). The summed E-state index contributed by atoms with van der Waals surface area (Å²) in [6.07, 6.45) is 1.71. The quantitative estimate of drug-likeness (QED) is 0.614. The van der Waals surface area contributed by atoms with E-state index in [0.717, 1.165) is 12.2 Å². The predicted octanol–water partition coefficient (Wildman–Crippen LogP) is 1.83. The second-order valence-electron chi connectivity index (χ2n) is 5.79. The smallest absolute Gasteiger partial charge is 0.358 e. The van der Waals surface area contributed by atoms with E-state index in [-0.39, 0.29) is 30.2 Å². The number of rotatable bonds is 7. The van der Waals surface area contributed by atoms with Gasteiger partial charge in [-0.25, -0.2) is 0 Å². The Kier molecular flexibility index (Phi) is 5.32. The number of hydrogen-bond donors (Lipinski definition) is 1. The van der Waals surface area contributed by atoms with E-state index in [9.17, 15) is 14.9 Å². The molecule has 9 heteroatoms. The van der Waals surface area contributed by atoms with Gasteiger partial charge in [-0.1, -0.05) is 6.92 Å². The summed E-state index contributed by atoms with van der Waals surface area (Å²) in [5.74, 6) is -0.715. The Bertz CT molecular complexity index is 735. The molecule has 130 valence electrons. The number of carbonyl (C=O) groups is 1. The maximum Gasteiger partial charge on any atom is 0.390 e. The Balaban J connectivity index is 2.01. The molecule has 0 saturated carbocycles. The van der Waals surface area contributed by atoms with E-state index in [2.05, 4.69) is 15.5 Å². The number of nitrogens with zero attached hydrogens (tertiary/aromatic N) is 5. The van der Waals surface area contributed by atoms with Crippen molar-refractivity contribution in [1.29, 1.82) is 0 Å². The highest BCUT2D eigenvalue weighted by Crippen LogP contribution is 2.15. The van der Waals surface area contributed by atoms with Crippen LogP contribution in [0.5, 0.6) is 0 Å². The van der Waals surface area contributed by atoms with Crippen molar-refractivity contribution < 1.29 is 9.72 Å². The van der Waals surface area contributed by atoms with Crippen LogP contribution in [0.3, 0.4) is 0 Å². The fourth-order valence-corrected chi connectivity index (χ4v) is 2.51. The van der Waals surface area contributed by atoms with Gasteiger partial charge in [-0.05, 0) is 31.8 Å². The summed E-state index contributed by atoms with van der Waals surface area (Å²) in [6.45, 7) is 8.40. The number of amides is 1. The summed E-state index contributed by atoms with van der Waals surface area (Å²) < 4.78 is 3.32. The van der Waals surface area contributed by atoms with Gasteiger partial charge in [0.25, 0.3) is 0 Å². The zero-order valence-corrected chi connectivity index (χ0v) is 14.3. The largest absolute Gasteiger partial charge is 0.390 e. The third-order valence-corrected chi connectivity index (χ3v) is 3.90. The molecule has 0 bridgehead atoms. The SMILES string of the molecule is CCn1nccc1C(C)NC(=O)C(C)Cn1nc([N+](=O)[O-])cc1C. The Morgan fingerprint density at radius 1 is 1.42 bits per heavy atom. The van der Waals surface area contributed by atoms with E-state index in [1.807, 2.05) is 24.6 Å². The Labute approximate surface area is 139 Å². The molecule has 0 aromatic carbocycles. The van der Waals surface area contributed by atoms with Gasteiger partial charge >= 0.3 is 5.82 Å². The molecule has 2 aromatic rings. The highest BCUT2D eigenvalue weighted by atomic mass is 16.6. The van der Waals surface area contributed by atoms with Crippen molar-refractivity contribution in [2.75, 3.05) is 0 Å². The van der Waals surface area contributed by atoms with Gasteiger partial charge in [0.1, 0.15) is 0 Å². The second kappa shape index (κ2) is 7.24. The normalized spacial score (nSPS) is 13.5. The number of aryl methyl sites for hydroxylation is 2. The average Bonchev–Trinajstić information content (AvgIpc) is 3.14. The van der Waals surface area contributed by atoms with Crippen molar-refractivity contribution >= 4 is 11.7 Å². The molecule has 2 heterocycles. The van der Waals surface area contributed by atoms with Gasteiger partial charge in [-0.3, -0.25) is 9.48 Å². The van der Waals surface area contributed by atoms with Gasteiger partial charge in [0.2, 0.25) is 5.91 Å². The van der Waals surface area contributed by atoms with Crippen molar-refractivity contribution in [2.24, 2.45) is 5.92 Å². The van der Waals surface area contributed by atoms with E-state index in [0.29, 0.717) is 5.69 Å². The van der Waals surface area contributed by atoms with Crippen molar-refractivity contribution in [3.05, 3.63) is 39.8 Å². The van der Waals surface area contributed by atoms with Crippen LogP contribution in [-0.2, 0) is 17.9 Å². The topological polar surface area (TPSA) is 108 Å². The van der Waals surface area contributed by atoms with E-state index >= 15 is 0 Å². The van der Waals surface area contributed by atoms with Gasteiger partial charge in [-0.15, -0.1) is 0 Å². The zero-order valence-electron chi connectivity index (χ0n) is 14.3. The Morgan fingerprint density at radius 2 is 2.12 bits per heavy atom. The van der Waals surface area contributed by atoms with Gasteiger partial charge in [0, 0.05) is 12.7 Å². The summed E-state index contributed by atoms with van der Waals surface area (Å²) in [6, 6.07) is 3.10. The fourth-order valence-electron chi connectivity index (χ4n) is 2.51. The number of aromatic nitrogens is 4. The highest BCUT2D eigenvalue weighted by molar-refractivity contribution is 5.78. The molecule has 0 saturated heterocycles. The van der Waals surface area contributed by atoms with Crippen molar-refractivity contribution in [2.45, 2.75) is 46.8 Å². The summed E-state index contributed by atoms with van der Waals surface area (Å²) in [5.41, 5.74) is 1.59. The minimum Gasteiger partial charge on any atom is -0.358 e. The number of nitro groups is 1. The molecule has 2 aromatic heterocycles. The third-order valence-electron chi connectivity index (χ3n) is 3.90. The highest BCUT2D eigenvalue weighted by Gasteiger charge is 2.22. The molecule has 9 nitrogen and oxygen atoms in total. The molecule has 0 aliphatic heterocycles. The molecule has 0 fully saturated rings. The maximum absolute atomic E-state index is 12.4. The maximum atomic E-state index is 12.4. The van der Waals surface area contributed by atoms with E-state index in [4.69, 9.17) is 0 Å². The predicted molar refractivity (Wildman–Crippen MR) is 87.2 cm³/mol. The molecule has 1 amide bonds. The minimum absolute atomic E-state index is 0.135.